The van der Waals surface area contributed by atoms with Crippen molar-refractivity contribution < 1.29 is 244 Å². The molecule has 0 fully saturated rings. The molecule has 0 heterocycles. The minimum Gasteiger partial charge on any atom is -0.861 e. The summed E-state index contributed by atoms with van der Waals surface area (Å²) in [6, 6.07) is 0. The third-order valence-corrected chi connectivity index (χ3v) is 24.0. The molecule has 144 heavy (non-hydrogen) atoms. The van der Waals surface area contributed by atoms with Crippen molar-refractivity contribution in [1.29, 1.82) is 0 Å². The van der Waals surface area contributed by atoms with Gasteiger partial charge in [0.05, 0.1) is 90.7 Å². The monoisotopic (exact) mass is 2400 g/mol. The smallest absolute Gasteiger partial charge is 0.861 e. The van der Waals surface area contributed by atoms with Crippen LogP contribution in [-0.4, -0.2) is 336 Å². The molecule has 4 atom stereocenters. The number of carboxylic acid groups (broad SMARTS) is 8. The Bertz CT molecular complexity index is 3390. The van der Waals surface area contributed by atoms with Gasteiger partial charge in [0, 0.05) is 144 Å². The fraction of sp³-hybridized carbons (Fsp3) is 0.851. The number of carbonyl (C=O) groups excluding carboxylic acids is 7. The van der Waals surface area contributed by atoms with Gasteiger partial charge in [-0.1, -0.05) is 285 Å². The zero-order valence-electron chi connectivity index (χ0n) is 86.7. The molecule has 2 unspecified atom stereocenters. The van der Waals surface area contributed by atoms with E-state index < -0.39 is 223 Å². The van der Waals surface area contributed by atoms with E-state index in [0.717, 1.165) is 105 Å². The number of hydrogen-bond acceptors (Lipinski definition) is 37. The largest absolute Gasteiger partial charge is 3.00 e. The Hall–Kier alpha value is -4.95. The summed E-state index contributed by atoms with van der Waals surface area (Å²) < 4.78 is 67.4. The van der Waals surface area contributed by atoms with Crippen LogP contribution in [0.4, 0.5) is 0 Å². The number of nitrogens with one attached hydrogen (secondary N) is 1. The van der Waals surface area contributed by atoms with Crippen molar-refractivity contribution in [3.05, 3.63) is 0 Å². The van der Waals surface area contributed by atoms with Gasteiger partial charge in [0.25, 0.3) is 0 Å². The molecule has 1 radical (unpaired) electrons. The second kappa shape index (κ2) is 105. The fourth-order valence-electron chi connectivity index (χ4n) is 14.6. The Balaban J connectivity index is -0.000000411. The molecule has 0 spiro atoms. The molecule has 0 aliphatic heterocycles. The van der Waals surface area contributed by atoms with Crippen LogP contribution in [0.2, 0.25) is 0 Å². The van der Waals surface area contributed by atoms with E-state index in [0.29, 0.717) is 25.7 Å². The van der Waals surface area contributed by atoms with E-state index in [-0.39, 0.29) is 189 Å². The minimum atomic E-state index is -4.82. The number of ether oxygens (including phenoxy) is 4. The van der Waals surface area contributed by atoms with E-state index >= 15 is 0 Å². The number of unbranched alkanes of at least 4 members (excludes halogenated alkanes) is 40. The first-order valence-electron chi connectivity index (χ1n) is 50.4. The van der Waals surface area contributed by atoms with Gasteiger partial charge in [0.15, 0.2) is 12.2 Å². The molecule has 0 aromatic rings. The molecule has 0 aliphatic carbocycles. The molecule has 0 aromatic carbocycles. The Morgan fingerprint density at radius 2 is 0.521 bits per heavy atom. The van der Waals surface area contributed by atoms with Crippen LogP contribution >= 0.6 is 15.6 Å². The minimum absolute atomic E-state index is 0. The molecule has 21 N–H and O–H groups in total. The van der Waals surface area contributed by atoms with Crippen molar-refractivity contribution in [3.63, 3.8) is 0 Å². The number of carbonyl (C=O) groups is 13. The predicted molar refractivity (Wildman–Crippen MR) is 529 cm³/mol. The predicted octanol–water partition coefficient (Wildman–Crippen LogP) is 10.3. The van der Waals surface area contributed by atoms with Crippen molar-refractivity contribution in [3.8, 4) is 0 Å². The maximum Gasteiger partial charge on any atom is 3.00 e. The van der Waals surface area contributed by atoms with E-state index in [1.165, 1.54) is 182 Å². The standard InChI is InChI=1S/2C47H87N4O17P.2Gd.4H3N/c2*1-3-5-7-9-11-13-15-17-19-21-23-25-46(61)65-38-40(68-47(62)26-24-22-20-18-16-14-12-10-8-6-4-2)39-67-69(63,64)66-32-27-48-41(52)33-50(35-43(55)56)30-28-49(34-42(53)54)29-31-51(36-44(57)58)37-45(59)60;;;;;;/h2*40H,3-39H2,1-2H3,(H,48,52)(H,53,54)(H,55,56)(H,57,58)(H,59,60)(H,63,64);;;4*1H3/q;;;+3;;;;/p-3/t2*40-;;;;;;/m11....../s1. The van der Waals surface area contributed by atoms with E-state index in [9.17, 15) is 107 Å². The number of hydrogen-bond donors (Lipinski definition) is 13. The third kappa shape index (κ3) is 108. The van der Waals surface area contributed by atoms with Crippen LogP contribution in [0.5, 0.6) is 0 Å². The van der Waals surface area contributed by atoms with Crippen LogP contribution < -0.4 is 45.2 Å². The summed E-state index contributed by atoms with van der Waals surface area (Å²) in [7, 11) is -9.61. The van der Waals surface area contributed by atoms with Gasteiger partial charge in [0.1, 0.15) is 13.2 Å². The van der Waals surface area contributed by atoms with E-state index in [2.05, 4.69) is 38.0 Å². The Kier molecular flexibility index (Phi) is 113. The number of aliphatic imine (C=N–C) groups is 1. The van der Waals surface area contributed by atoms with Crippen LogP contribution in [0.15, 0.2) is 4.99 Å². The van der Waals surface area contributed by atoms with Gasteiger partial charge in [0.2, 0.25) is 5.91 Å². The van der Waals surface area contributed by atoms with Crippen molar-refractivity contribution >= 4 is 99.1 Å². The van der Waals surface area contributed by atoms with Crippen LogP contribution in [0.1, 0.15) is 336 Å². The summed E-state index contributed by atoms with van der Waals surface area (Å²) >= 11 is 0. The van der Waals surface area contributed by atoms with Crippen molar-refractivity contribution in [2.24, 2.45) is 4.99 Å². The molecular formula is C94H183Gd2N12O34P2. The first-order chi connectivity index (χ1) is 65.9. The van der Waals surface area contributed by atoms with Crippen molar-refractivity contribution in [1.82, 2.24) is 59.3 Å². The average Bonchev–Trinajstić information content (AvgIpc) is 0.838. The second-order valence-corrected chi connectivity index (χ2v) is 38.0. The quantitative estimate of drug-likeness (QED) is 0.00672. The molecule has 849 valence electrons. The van der Waals surface area contributed by atoms with E-state index in [1.54, 1.807) is 0 Å². The number of amides is 1. The molecule has 46 nitrogen and oxygen atoms in total. The first kappa shape index (κ1) is 154. The van der Waals surface area contributed by atoms with Gasteiger partial charge in [-0.3, -0.25) is 100 Å². The summed E-state index contributed by atoms with van der Waals surface area (Å²) in [6.45, 7) is -2.39. The molecule has 50 heteroatoms. The number of esters is 4. The number of rotatable bonds is 100. The average molecular weight is 2400 g/mol. The molecule has 0 bridgehead atoms. The Morgan fingerprint density at radius 3 is 0.792 bits per heavy atom. The number of phosphoric acid groups is 2. The molecular weight excluding hydrogens is 2220 g/mol. The topological polar surface area (TPSA) is 745 Å². The summed E-state index contributed by atoms with van der Waals surface area (Å²) in [5, 5.41) is 92.9. The van der Waals surface area contributed by atoms with Crippen molar-refractivity contribution in [2.75, 3.05) is 171 Å². The molecule has 0 aliphatic rings. The van der Waals surface area contributed by atoms with Crippen LogP contribution in [0.3, 0.4) is 0 Å². The fourth-order valence-corrected chi connectivity index (χ4v) is 16.1. The van der Waals surface area contributed by atoms with Crippen molar-refractivity contribution in [2.45, 2.75) is 348 Å². The number of carboxylic acids is 8. The van der Waals surface area contributed by atoms with Gasteiger partial charge in [-0.05, 0) is 31.6 Å². The molecule has 0 saturated carbocycles. The van der Waals surface area contributed by atoms with E-state index in [4.69, 9.17) is 57.5 Å². The van der Waals surface area contributed by atoms with Gasteiger partial charge < -0.3 is 119 Å². The van der Waals surface area contributed by atoms with Gasteiger partial charge in [-0.2, -0.15) is 0 Å². The SMILES string of the molecule is CCCCCCCCCCCCCC(=O)OC[C@H](COP(=O)(O)OCCN=C([O-])CN(CCN(CCN(CC(=O)O)CC(=O)O)CC(=O)[O-])CC(=O)[O-])OC(=O)CCCCCCCCCCCCC.CCCCCCCCCCCCCC(=O)OC[C@H](COP(=O)(O)OCCNC(=O)CN(CCN(CCN(CC(=O)O)CC(=O)O)CC(=O)O)CC(=O)O)OC(=O)CCCCCCCCCCCCC.N.N.N.N.[Gd+3].[Gd]. The molecule has 0 aromatic heterocycles. The number of aliphatic carboxylic acids is 8. The van der Waals surface area contributed by atoms with Gasteiger partial charge in [-0.25, -0.2) is 9.13 Å². The summed E-state index contributed by atoms with van der Waals surface area (Å²) in [6.07, 6.45) is 47.0. The van der Waals surface area contributed by atoms with Crippen LogP contribution in [-0.2, 0) is 109 Å². The molecule has 1 amide bonds. The Labute approximate surface area is 918 Å². The maximum atomic E-state index is 12.8. The second-order valence-electron chi connectivity index (χ2n) is 35.1. The number of nitrogens with zero attached hydrogens (tertiary/aromatic N) is 7. The zero-order valence-corrected chi connectivity index (χ0v) is 93.1. The number of phosphoric ester groups is 2. The molecule has 0 rings (SSSR count). The summed E-state index contributed by atoms with van der Waals surface area (Å²) in [5.74, 6) is -14.5. The summed E-state index contributed by atoms with van der Waals surface area (Å²) in [5.41, 5.74) is 0. The normalized spacial score (nSPS) is 12.4. The van der Waals surface area contributed by atoms with Crippen LogP contribution in [0.25, 0.3) is 0 Å². The third-order valence-electron chi connectivity index (χ3n) is 22.1. The van der Waals surface area contributed by atoms with Gasteiger partial charge >= 0.3 is 115 Å². The molecule has 0 saturated heterocycles. The Morgan fingerprint density at radius 1 is 0.299 bits per heavy atom. The van der Waals surface area contributed by atoms with E-state index in [1.807, 2.05) is 0 Å². The maximum absolute atomic E-state index is 12.8. The van der Waals surface area contributed by atoms with Crippen LogP contribution in [0, 0.1) is 79.9 Å². The first-order valence-corrected chi connectivity index (χ1v) is 53.4. The zero-order chi connectivity index (χ0) is 103. The summed E-state index contributed by atoms with van der Waals surface area (Å²) in [4.78, 5) is 185. The van der Waals surface area contributed by atoms with Gasteiger partial charge in [-0.15, -0.1) is 0 Å².